The molecule has 15 heavy (non-hydrogen) atoms. The molecule has 0 amide bonds. The van der Waals surface area contributed by atoms with Gasteiger partial charge in [0.1, 0.15) is 0 Å². The van der Waals surface area contributed by atoms with E-state index in [0.717, 1.165) is 32.4 Å². The standard InChI is InChI=1S/C11H18N2OS/c1-2-9-6-12-4-3-11(9,14)5-10-7-13-8-15-10/h7-9,12,14H,2-6H2,1H3. The Morgan fingerprint density at radius 3 is 3.27 bits per heavy atom. The fourth-order valence-corrected chi connectivity index (χ4v) is 3.08. The third kappa shape index (κ3) is 2.38. The maximum atomic E-state index is 10.6. The van der Waals surface area contributed by atoms with E-state index in [0.29, 0.717) is 5.92 Å². The molecule has 84 valence electrons. The van der Waals surface area contributed by atoms with Gasteiger partial charge in [0, 0.05) is 30.0 Å². The van der Waals surface area contributed by atoms with Gasteiger partial charge in [0.15, 0.2) is 0 Å². The average Bonchev–Trinajstić information content (AvgIpc) is 2.70. The second-order valence-corrected chi connectivity index (χ2v) is 5.28. The number of nitrogens with one attached hydrogen (secondary N) is 1. The number of nitrogens with zero attached hydrogens (tertiary/aromatic N) is 1. The summed E-state index contributed by atoms with van der Waals surface area (Å²) in [7, 11) is 0. The van der Waals surface area contributed by atoms with E-state index in [1.165, 1.54) is 4.88 Å². The van der Waals surface area contributed by atoms with Crippen molar-refractivity contribution >= 4 is 11.3 Å². The largest absolute Gasteiger partial charge is 0.389 e. The highest BCUT2D eigenvalue weighted by atomic mass is 32.1. The van der Waals surface area contributed by atoms with Gasteiger partial charge >= 0.3 is 0 Å². The lowest BCUT2D eigenvalue weighted by Crippen LogP contribution is -2.51. The van der Waals surface area contributed by atoms with Gasteiger partial charge in [-0.05, 0) is 19.4 Å². The van der Waals surface area contributed by atoms with Crippen molar-refractivity contribution in [2.45, 2.75) is 31.8 Å². The molecule has 2 N–H and O–H groups in total. The maximum Gasteiger partial charge on any atom is 0.0794 e. The van der Waals surface area contributed by atoms with E-state index in [1.807, 2.05) is 11.7 Å². The van der Waals surface area contributed by atoms with Gasteiger partial charge in [-0.1, -0.05) is 6.92 Å². The summed E-state index contributed by atoms with van der Waals surface area (Å²) in [4.78, 5) is 5.25. The number of aliphatic hydroxyl groups is 1. The lowest BCUT2D eigenvalue weighted by molar-refractivity contribution is -0.0408. The van der Waals surface area contributed by atoms with Crippen molar-refractivity contribution in [1.29, 1.82) is 0 Å². The molecular weight excluding hydrogens is 208 g/mol. The average molecular weight is 226 g/mol. The number of piperidine rings is 1. The molecule has 0 radical (unpaired) electrons. The zero-order valence-electron chi connectivity index (χ0n) is 9.07. The van der Waals surface area contributed by atoms with Crippen molar-refractivity contribution in [3.05, 3.63) is 16.6 Å². The van der Waals surface area contributed by atoms with Crippen molar-refractivity contribution in [2.75, 3.05) is 13.1 Å². The maximum absolute atomic E-state index is 10.6. The predicted octanol–water partition coefficient (Wildman–Crippen LogP) is 1.44. The zero-order valence-corrected chi connectivity index (χ0v) is 9.89. The van der Waals surface area contributed by atoms with E-state index in [2.05, 4.69) is 17.2 Å². The van der Waals surface area contributed by atoms with Gasteiger partial charge in [0.2, 0.25) is 0 Å². The molecule has 1 saturated heterocycles. The van der Waals surface area contributed by atoms with Gasteiger partial charge in [-0.15, -0.1) is 11.3 Å². The highest BCUT2D eigenvalue weighted by Crippen LogP contribution is 2.31. The summed E-state index contributed by atoms with van der Waals surface area (Å²) in [6.45, 7) is 4.01. The summed E-state index contributed by atoms with van der Waals surface area (Å²) in [6.07, 6.45) is 4.51. The molecule has 0 bridgehead atoms. The molecule has 0 spiro atoms. The molecule has 1 aromatic rings. The van der Waals surface area contributed by atoms with Crippen LogP contribution >= 0.6 is 11.3 Å². The molecule has 1 aromatic heterocycles. The smallest absolute Gasteiger partial charge is 0.0794 e. The van der Waals surface area contributed by atoms with Crippen LogP contribution < -0.4 is 5.32 Å². The Labute approximate surface area is 94.5 Å². The summed E-state index contributed by atoms with van der Waals surface area (Å²) >= 11 is 1.64. The number of hydrogen-bond donors (Lipinski definition) is 2. The van der Waals surface area contributed by atoms with Crippen LogP contribution in [0.25, 0.3) is 0 Å². The summed E-state index contributed by atoms with van der Waals surface area (Å²) < 4.78 is 0. The predicted molar refractivity (Wildman–Crippen MR) is 62.0 cm³/mol. The molecule has 1 fully saturated rings. The Kier molecular flexibility index (Phi) is 3.38. The van der Waals surface area contributed by atoms with Crippen molar-refractivity contribution in [3.63, 3.8) is 0 Å². The highest BCUT2D eigenvalue weighted by Gasteiger charge is 2.37. The fraction of sp³-hybridized carbons (Fsp3) is 0.727. The van der Waals surface area contributed by atoms with Crippen molar-refractivity contribution in [3.8, 4) is 0 Å². The summed E-state index contributed by atoms with van der Waals surface area (Å²) in [6, 6.07) is 0. The molecule has 0 aliphatic carbocycles. The zero-order chi connectivity index (χ0) is 10.7. The summed E-state index contributed by atoms with van der Waals surface area (Å²) in [5.41, 5.74) is 1.31. The van der Waals surface area contributed by atoms with Gasteiger partial charge in [0.05, 0.1) is 11.1 Å². The first-order chi connectivity index (χ1) is 7.24. The van der Waals surface area contributed by atoms with E-state index in [-0.39, 0.29) is 0 Å². The number of rotatable bonds is 3. The molecule has 4 heteroatoms. The van der Waals surface area contributed by atoms with Crippen LogP contribution in [0.5, 0.6) is 0 Å². The van der Waals surface area contributed by atoms with Crippen molar-refractivity contribution in [2.24, 2.45) is 5.92 Å². The minimum atomic E-state index is -0.521. The summed E-state index contributed by atoms with van der Waals surface area (Å²) in [5.74, 6) is 0.369. The van der Waals surface area contributed by atoms with Crippen LogP contribution in [-0.4, -0.2) is 28.8 Å². The molecule has 0 saturated carbocycles. The summed E-state index contributed by atoms with van der Waals surface area (Å²) in [5, 5.41) is 14.0. The van der Waals surface area contributed by atoms with Crippen molar-refractivity contribution < 1.29 is 5.11 Å². The molecule has 2 atom stereocenters. The van der Waals surface area contributed by atoms with Crippen LogP contribution in [0, 0.1) is 5.92 Å². The van der Waals surface area contributed by atoms with Crippen LogP contribution in [0.1, 0.15) is 24.6 Å². The third-order valence-electron chi connectivity index (χ3n) is 3.34. The molecule has 2 heterocycles. The van der Waals surface area contributed by atoms with E-state index < -0.39 is 5.60 Å². The van der Waals surface area contributed by atoms with Crippen LogP contribution in [-0.2, 0) is 6.42 Å². The second-order valence-electron chi connectivity index (χ2n) is 4.31. The van der Waals surface area contributed by atoms with Gasteiger partial charge < -0.3 is 10.4 Å². The molecule has 0 aromatic carbocycles. The van der Waals surface area contributed by atoms with Gasteiger partial charge in [0.25, 0.3) is 0 Å². The second kappa shape index (κ2) is 4.60. The molecule has 2 unspecified atom stereocenters. The van der Waals surface area contributed by atoms with Crippen LogP contribution in [0.3, 0.4) is 0 Å². The number of thiazole rings is 1. The van der Waals surface area contributed by atoms with E-state index >= 15 is 0 Å². The Morgan fingerprint density at radius 2 is 2.60 bits per heavy atom. The quantitative estimate of drug-likeness (QED) is 0.819. The number of hydrogen-bond acceptors (Lipinski definition) is 4. The van der Waals surface area contributed by atoms with E-state index in [4.69, 9.17) is 0 Å². The highest BCUT2D eigenvalue weighted by molar-refractivity contribution is 7.09. The van der Waals surface area contributed by atoms with Crippen LogP contribution in [0.15, 0.2) is 11.7 Å². The molecular formula is C11H18N2OS. The first kappa shape index (κ1) is 11.0. The monoisotopic (exact) mass is 226 g/mol. The first-order valence-electron chi connectivity index (χ1n) is 5.55. The Morgan fingerprint density at radius 1 is 1.73 bits per heavy atom. The van der Waals surface area contributed by atoms with Gasteiger partial charge in [-0.3, -0.25) is 4.98 Å². The Balaban J connectivity index is 2.09. The molecule has 2 rings (SSSR count). The van der Waals surface area contributed by atoms with Gasteiger partial charge in [-0.25, -0.2) is 0 Å². The Bertz CT molecular complexity index is 302. The topological polar surface area (TPSA) is 45.1 Å². The molecule has 3 nitrogen and oxygen atoms in total. The lowest BCUT2D eigenvalue weighted by Gasteiger charge is -2.39. The minimum absolute atomic E-state index is 0.369. The SMILES string of the molecule is CCC1CNCCC1(O)Cc1cncs1. The fourth-order valence-electron chi connectivity index (χ4n) is 2.36. The number of aromatic nitrogens is 1. The van der Waals surface area contributed by atoms with Crippen molar-refractivity contribution in [1.82, 2.24) is 10.3 Å². The Hall–Kier alpha value is -0.450. The van der Waals surface area contributed by atoms with Crippen LogP contribution in [0.4, 0.5) is 0 Å². The molecule has 1 aliphatic heterocycles. The normalized spacial score (nSPS) is 31.7. The minimum Gasteiger partial charge on any atom is -0.389 e. The third-order valence-corrected chi connectivity index (χ3v) is 4.12. The first-order valence-corrected chi connectivity index (χ1v) is 6.43. The van der Waals surface area contributed by atoms with E-state index in [9.17, 15) is 5.11 Å². The van der Waals surface area contributed by atoms with Gasteiger partial charge in [-0.2, -0.15) is 0 Å². The van der Waals surface area contributed by atoms with Crippen LogP contribution in [0.2, 0.25) is 0 Å². The van der Waals surface area contributed by atoms with E-state index in [1.54, 1.807) is 11.3 Å². The molecule has 1 aliphatic rings. The lowest BCUT2D eigenvalue weighted by atomic mass is 9.77.